The smallest absolute Gasteiger partial charge is 0.314 e. The second-order valence-corrected chi connectivity index (χ2v) is 3.99. The number of nitrogens with one attached hydrogen (secondary N) is 2. The van der Waals surface area contributed by atoms with Crippen molar-refractivity contribution in [3.05, 3.63) is 29.8 Å². The van der Waals surface area contributed by atoms with E-state index in [1.54, 1.807) is 7.11 Å². The van der Waals surface area contributed by atoms with Crippen molar-refractivity contribution in [1.82, 2.24) is 10.6 Å². The Morgan fingerprint density at radius 1 is 1.16 bits per heavy atom. The third-order valence-electron chi connectivity index (χ3n) is 2.59. The molecule has 5 nitrogen and oxygen atoms in total. The van der Waals surface area contributed by atoms with Gasteiger partial charge in [-0.2, -0.15) is 0 Å². The SMILES string of the molecule is CCc1ccccc1OCCNC(=O)NCCOC. The summed E-state index contributed by atoms with van der Waals surface area (Å²) in [6.45, 7) is 4.02. The molecule has 1 aromatic rings. The lowest BCUT2D eigenvalue weighted by Gasteiger charge is -2.11. The van der Waals surface area contributed by atoms with Crippen LogP contribution in [-0.4, -0.2) is 39.4 Å². The first-order chi connectivity index (χ1) is 9.27. The van der Waals surface area contributed by atoms with Gasteiger partial charge in [-0.3, -0.25) is 0 Å². The number of amides is 2. The summed E-state index contributed by atoms with van der Waals surface area (Å²) in [6.07, 6.45) is 0.932. The molecule has 1 aromatic carbocycles. The zero-order valence-electron chi connectivity index (χ0n) is 11.6. The van der Waals surface area contributed by atoms with Crippen molar-refractivity contribution in [1.29, 1.82) is 0 Å². The number of hydrogen-bond acceptors (Lipinski definition) is 3. The summed E-state index contributed by atoms with van der Waals surface area (Å²) < 4.78 is 10.5. The van der Waals surface area contributed by atoms with Gasteiger partial charge < -0.3 is 20.1 Å². The van der Waals surface area contributed by atoms with Crippen LogP contribution in [0.4, 0.5) is 4.79 Å². The Labute approximate surface area is 114 Å². The average Bonchev–Trinajstić information content (AvgIpc) is 2.44. The van der Waals surface area contributed by atoms with Crippen LogP contribution in [0.25, 0.3) is 0 Å². The molecule has 0 heterocycles. The molecule has 2 amide bonds. The number of benzene rings is 1. The van der Waals surface area contributed by atoms with E-state index < -0.39 is 0 Å². The van der Waals surface area contributed by atoms with Crippen molar-refractivity contribution in [3.63, 3.8) is 0 Å². The first kappa shape index (κ1) is 15.3. The largest absolute Gasteiger partial charge is 0.491 e. The summed E-state index contributed by atoms with van der Waals surface area (Å²) in [5, 5.41) is 5.39. The molecule has 19 heavy (non-hydrogen) atoms. The second kappa shape index (κ2) is 9.22. The molecule has 0 radical (unpaired) electrons. The van der Waals surface area contributed by atoms with Gasteiger partial charge >= 0.3 is 6.03 Å². The highest BCUT2D eigenvalue weighted by molar-refractivity contribution is 5.73. The van der Waals surface area contributed by atoms with E-state index in [0.717, 1.165) is 12.2 Å². The van der Waals surface area contributed by atoms with Gasteiger partial charge in [-0.15, -0.1) is 0 Å². The molecule has 0 fully saturated rings. The molecule has 1 rings (SSSR count). The van der Waals surface area contributed by atoms with E-state index in [0.29, 0.717) is 26.3 Å². The van der Waals surface area contributed by atoms with E-state index in [1.165, 1.54) is 5.56 Å². The van der Waals surface area contributed by atoms with Gasteiger partial charge in [0.15, 0.2) is 0 Å². The van der Waals surface area contributed by atoms with Crippen LogP contribution in [0.15, 0.2) is 24.3 Å². The highest BCUT2D eigenvalue weighted by Crippen LogP contribution is 2.17. The average molecular weight is 266 g/mol. The molecule has 0 aliphatic carbocycles. The van der Waals surface area contributed by atoms with Crippen molar-refractivity contribution in [2.24, 2.45) is 0 Å². The normalized spacial score (nSPS) is 10.0. The number of methoxy groups -OCH3 is 1. The Morgan fingerprint density at radius 2 is 1.84 bits per heavy atom. The minimum atomic E-state index is -0.204. The van der Waals surface area contributed by atoms with Gasteiger partial charge in [0, 0.05) is 13.7 Å². The molecule has 0 aromatic heterocycles. The monoisotopic (exact) mass is 266 g/mol. The van der Waals surface area contributed by atoms with Crippen molar-refractivity contribution in [2.75, 3.05) is 33.4 Å². The molecule has 0 unspecified atom stereocenters. The van der Waals surface area contributed by atoms with Gasteiger partial charge in [-0.05, 0) is 18.1 Å². The maximum absolute atomic E-state index is 11.3. The number of carbonyl (C=O) groups is 1. The van der Waals surface area contributed by atoms with Gasteiger partial charge in [0.1, 0.15) is 12.4 Å². The molecule has 0 atom stereocenters. The molecule has 0 aliphatic rings. The first-order valence-corrected chi connectivity index (χ1v) is 6.49. The Bertz CT molecular complexity index is 383. The fourth-order valence-corrected chi connectivity index (χ4v) is 1.59. The summed E-state index contributed by atoms with van der Waals surface area (Å²) >= 11 is 0. The number of rotatable bonds is 8. The Balaban J connectivity index is 2.18. The Morgan fingerprint density at radius 3 is 2.53 bits per heavy atom. The van der Waals surface area contributed by atoms with Crippen molar-refractivity contribution in [3.8, 4) is 5.75 Å². The molecule has 2 N–H and O–H groups in total. The van der Waals surface area contributed by atoms with Crippen LogP contribution in [0.2, 0.25) is 0 Å². The molecule has 0 saturated heterocycles. The first-order valence-electron chi connectivity index (χ1n) is 6.49. The van der Waals surface area contributed by atoms with Gasteiger partial charge in [0.2, 0.25) is 0 Å². The molecule has 0 bridgehead atoms. The van der Waals surface area contributed by atoms with Crippen molar-refractivity contribution in [2.45, 2.75) is 13.3 Å². The van der Waals surface area contributed by atoms with Crippen LogP contribution in [-0.2, 0) is 11.2 Å². The molecule has 5 heteroatoms. The number of para-hydroxylation sites is 1. The van der Waals surface area contributed by atoms with E-state index >= 15 is 0 Å². The van der Waals surface area contributed by atoms with Crippen molar-refractivity contribution >= 4 is 6.03 Å². The maximum Gasteiger partial charge on any atom is 0.314 e. The Hall–Kier alpha value is -1.75. The van der Waals surface area contributed by atoms with Gasteiger partial charge in [0.05, 0.1) is 13.2 Å². The number of ether oxygens (including phenoxy) is 2. The standard InChI is InChI=1S/C14H22N2O3/c1-3-12-6-4-5-7-13(12)19-11-9-16-14(17)15-8-10-18-2/h4-7H,3,8-11H2,1-2H3,(H2,15,16,17). The lowest BCUT2D eigenvalue weighted by molar-refractivity contribution is 0.195. The summed E-state index contributed by atoms with van der Waals surface area (Å²) in [7, 11) is 1.60. The molecule has 0 aliphatic heterocycles. The van der Waals surface area contributed by atoms with Crippen LogP contribution in [0.5, 0.6) is 5.75 Å². The van der Waals surface area contributed by atoms with E-state index in [9.17, 15) is 4.79 Å². The van der Waals surface area contributed by atoms with Gasteiger partial charge in [-0.1, -0.05) is 25.1 Å². The Kier molecular flexibility index (Phi) is 7.43. The third-order valence-corrected chi connectivity index (χ3v) is 2.59. The van der Waals surface area contributed by atoms with E-state index in [1.807, 2.05) is 24.3 Å². The molecular weight excluding hydrogens is 244 g/mol. The fourth-order valence-electron chi connectivity index (χ4n) is 1.59. The topological polar surface area (TPSA) is 59.6 Å². The summed E-state index contributed by atoms with van der Waals surface area (Å²) in [5.41, 5.74) is 1.17. The van der Waals surface area contributed by atoms with Crippen LogP contribution in [0.3, 0.4) is 0 Å². The van der Waals surface area contributed by atoms with Gasteiger partial charge in [0.25, 0.3) is 0 Å². The molecule has 106 valence electrons. The van der Waals surface area contributed by atoms with Crippen LogP contribution in [0, 0.1) is 0 Å². The van der Waals surface area contributed by atoms with Crippen LogP contribution < -0.4 is 15.4 Å². The van der Waals surface area contributed by atoms with E-state index in [2.05, 4.69) is 17.6 Å². The number of aryl methyl sites for hydroxylation is 1. The minimum absolute atomic E-state index is 0.204. The summed E-state index contributed by atoms with van der Waals surface area (Å²) in [6, 6.07) is 7.72. The fraction of sp³-hybridized carbons (Fsp3) is 0.500. The highest BCUT2D eigenvalue weighted by Gasteiger charge is 2.01. The maximum atomic E-state index is 11.3. The summed E-state index contributed by atoms with van der Waals surface area (Å²) in [5.74, 6) is 0.881. The zero-order valence-corrected chi connectivity index (χ0v) is 11.6. The predicted molar refractivity (Wildman–Crippen MR) is 74.6 cm³/mol. The molecule has 0 saturated carbocycles. The van der Waals surface area contributed by atoms with E-state index in [4.69, 9.17) is 9.47 Å². The number of carbonyl (C=O) groups excluding carboxylic acids is 1. The van der Waals surface area contributed by atoms with Crippen LogP contribution >= 0.6 is 0 Å². The zero-order chi connectivity index (χ0) is 13.9. The molecule has 0 spiro atoms. The third kappa shape index (κ3) is 6.10. The second-order valence-electron chi connectivity index (χ2n) is 3.99. The quantitative estimate of drug-likeness (QED) is 0.702. The molecular formula is C14H22N2O3. The van der Waals surface area contributed by atoms with Crippen LogP contribution in [0.1, 0.15) is 12.5 Å². The number of urea groups is 1. The highest BCUT2D eigenvalue weighted by atomic mass is 16.5. The lowest BCUT2D eigenvalue weighted by atomic mass is 10.1. The lowest BCUT2D eigenvalue weighted by Crippen LogP contribution is -2.39. The number of hydrogen-bond donors (Lipinski definition) is 2. The van der Waals surface area contributed by atoms with E-state index in [-0.39, 0.29) is 6.03 Å². The minimum Gasteiger partial charge on any atom is -0.491 e. The van der Waals surface area contributed by atoms with Gasteiger partial charge in [-0.25, -0.2) is 4.79 Å². The van der Waals surface area contributed by atoms with Crippen molar-refractivity contribution < 1.29 is 14.3 Å². The summed E-state index contributed by atoms with van der Waals surface area (Å²) in [4.78, 5) is 11.3. The predicted octanol–water partition coefficient (Wildman–Crippen LogP) is 1.57.